The number of rotatable bonds is 6. The number of benzene rings is 1. The maximum atomic E-state index is 12.3. The van der Waals surface area contributed by atoms with Crippen LogP contribution in [0, 0.1) is 0 Å². The number of nitrogens with zero attached hydrogens (tertiary/aromatic N) is 2. The average molecular weight is 390 g/mol. The van der Waals surface area contributed by atoms with Gasteiger partial charge in [0.25, 0.3) is 0 Å². The molecule has 0 saturated carbocycles. The Hall–Kier alpha value is -2.32. The molecule has 3 rings (SSSR count). The van der Waals surface area contributed by atoms with E-state index < -0.39 is 5.91 Å². The van der Waals surface area contributed by atoms with Crippen molar-refractivity contribution in [2.75, 3.05) is 18.6 Å². The molecule has 136 valence electrons. The van der Waals surface area contributed by atoms with Crippen molar-refractivity contribution in [3.8, 4) is 0 Å². The summed E-state index contributed by atoms with van der Waals surface area (Å²) >= 11 is 3.08. The molecule has 0 radical (unpaired) electrons. The standard InChI is InChI=1S/C18H18N2O4S2/c1-3-23-17(22)12-6-7-13-15(11-12)26-18(20(13)8-10-25-2)19-16(21)14-5-4-9-24-14/h4-7,9,11H,3,8,10H2,1-2H3. The molecule has 2 heterocycles. The summed E-state index contributed by atoms with van der Waals surface area (Å²) in [6.45, 7) is 2.81. The number of thioether (sulfide) groups is 1. The predicted octanol–water partition coefficient (Wildman–Crippen LogP) is 3.58. The number of hydrogen-bond donors (Lipinski definition) is 0. The van der Waals surface area contributed by atoms with E-state index in [-0.39, 0.29) is 11.7 Å². The van der Waals surface area contributed by atoms with E-state index in [4.69, 9.17) is 9.15 Å². The van der Waals surface area contributed by atoms with Crippen molar-refractivity contribution in [1.29, 1.82) is 0 Å². The Balaban J connectivity index is 2.08. The molecule has 1 aromatic carbocycles. The van der Waals surface area contributed by atoms with E-state index in [2.05, 4.69) is 4.99 Å². The summed E-state index contributed by atoms with van der Waals surface area (Å²) in [6.07, 6.45) is 3.47. The number of thiazole rings is 1. The van der Waals surface area contributed by atoms with Crippen LogP contribution in [0.15, 0.2) is 46.0 Å². The maximum absolute atomic E-state index is 12.3. The minimum atomic E-state index is -0.426. The Bertz CT molecular complexity index is 986. The van der Waals surface area contributed by atoms with Crippen molar-refractivity contribution in [3.05, 3.63) is 52.7 Å². The summed E-state index contributed by atoms with van der Waals surface area (Å²) in [4.78, 5) is 29.1. The van der Waals surface area contributed by atoms with Crippen LogP contribution in [0.4, 0.5) is 0 Å². The maximum Gasteiger partial charge on any atom is 0.338 e. The van der Waals surface area contributed by atoms with Crippen molar-refractivity contribution in [2.24, 2.45) is 4.99 Å². The zero-order chi connectivity index (χ0) is 18.5. The summed E-state index contributed by atoms with van der Waals surface area (Å²) in [7, 11) is 0. The van der Waals surface area contributed by atoms with Crippen LogP contribution in [0.25, 0.3) is 10.2 Å². The van der Waals surface area contributed by atoms with Gasteiger partial charge in [-0.3, -0.25) is 4.79 Å². The van der Waals surface area contributed by atoms with Gasteiger partial charge in [0, 0.05) is 12.3 Å². The number of furan rings is 1. The van der Waals surface area contributed by atoms with Gasteiger partial charge in [0.15, 0.2) is 10.6 Å². The van der Waals surface area contributed by atoms with Crippen molar-refractivity contribution in [2.45, 2.75) is 13.5 Å². The summed E-state index contributed by atoms with van der Waals surface area (Å²) in [5.41, 5.74) is 1.42. The number of fused-ring (bicyclic) bond motifs is 1. The highest BCUT2D eigenvalue weighted by Gasteiger charge is 2.13. The molecule has 3 aromatic rings. The van der Waals surface area contributed by atoms with Crippen molar-refractivity contribution in [3.63, 3.8) is 0 Å². The minimum absolute atomic E-state index is 0.200. The Morgan fingerprint density at radius 3 is 2.88 bits per heavy atom. The van der Waals surface area contributed by atoms with Crippen LogP contribution in [0.3, 0.4) is 0 Å². The van der Waals surface area contributed by atoms with E-state index in [0.717, 1.165) is 16.0 Å². The molecule has 1 amide bonds. The van der Waals surface area contributed by atoms with Crippen LogP contribution in [0.5, 0.6) is 0 Å². The Kier molecular flexibility index (Phi) is 5.95. The van der Waals surface area contributed by atoms with Gasteiger partial charge in [0.05, 0.1) is 28.7 Å². The Morgan fingerprint density at radius 1 is 1.35 bits per heavy atom. The zero-order valence-electron chi connectivity index (χ0n) is 14.4. The fourth-order valence-corrected chi connectivity index (χ4v) is 3.90. The third-order valence-corrected chi connectivity index (χ3v) is 5.27. The first-order valence-corrected chi connectivity index (χ1v) is 10.3. The molecule has 0 aliphatic rings. The van der Waals surface area contributed by atoms with Crippen LogP contribution in [0.2, 0.25) is 0 Å². The number of esters is 1. The van der Waals surface area contributed by atoms with Gasteiger partial charge in [-0.1, -0.05) is 11.3 Å². The quantitative estimate of drug-likeness (QED) is 0.602. The normalized spacial score (nSPS) is 11.8. The number of hydrogen-bond acceptors (Lipinski definition) is 6. The molecule has 0 unspecified atom stereocenters. The molecular weight excluding hydrogens is 372 g/mol. The smallest absolute Gasteiger partial charge is 0.338 e. The topological polar surface area (TPSA) is 73.8 Å². The first-order chi connectivity index (χ1) is 12.6. The molecule has 0 aliphatic heterocycles. The molecule has 0 spiro atoms. The van der Waals surface area contributed by atoms with Crippen LogP contribution in [-0.2, 0) is 11.3 Å². The highest BCUT2D eigenvalue weighted by molar-refractivity contribution is 7.98. The van der Waals surface area contributed by atoms with E-state index in [9.17, 15) is 9.59 Å². The number of amides is 1. The zero-order valence-corrected chi connectivity index (χ0v) is 16.1. The SMILES string of the molecule is CCOC(=O)c1ccc2c(c1)sc(=NC(=O)c1ccco1)n2CCSC. The van der Waals surface area contributed by atoms with E-state index in [0.29, 0.717) is 23.5 Å². The molecule has 26 heavy (non-hydrogen) atoms. The molecule has 0 bridgehead atoms. The van der Waals surface area contributed by atoms with Gasteiger partial charge in [0.2, 0.25) is 0 Å². The molecule has 0 saturated heterocycles. The van der Waals surface area contributed by atoms with Gasteiger partial charge >= 0.3 is 11.9 Å². The van der Waals surface area contributed by atoms with Crippen molar-refractivity contribution >= 4 is 45.2 Å². The van der Waals surface area contributed by atoms with E-state index >= 15 is 0 Å². The summed E-state index contributed by atoms with van der Waals surface area (Å²) in [5, 5.41) is 0. The van der Waals surface area contributed by atoms with Gasteiger partial charge in [-0.25, -0.2) is 4.79 Å². The fraction of sp³-hybridized carbons (Fsp3) is 0.278. The van der Waals surface area contributed by atoms with Crippen LogP contribution in [0.1, 0.15) is 27.8 Å². The number of carbonyl (C=O) groups is 2. The minimum Gasteiger partial charge on any atom is -0.462 e. The predicted molar refractivity (Wildman–Crippen MR) is 103 cm³/mol. The molecular formula is C18H18N2O4S2. The van der Waals surface area contributed by atoms with Gasteiger partial charge in [-0.2, -0.15) is 16.8 Å². The molecule has 0 fully saturated rings. The molecule has 6 nitrogen and oxygen atoms in total. The lowest BCUT2D eigenvalue weighted by Gasteiger charge is -2.05. The summed E-state index contributed by atoms with van der Waals surface area (Å²) in [5.74, 6) is 0.299. The second-order valence-corrected chi connectivity index (χ2v) is 7.32. The van der Waals surface area contributed by atoms with Gasteiger partial charge in [-0.15, -0.1) is 0 Å². The van der Waals surface area contributed by atoms with E-state index in [1.807, 2.05) is 16.9 Å². The lowest BCUT2D eigenvalue weighted by Crippen LogP contribution is -2.18. The number of aryl methyl sites for hydroxylation is 1. The van der Waals surface area contributed by atoms with Gasteiger partial charge < -0.3 is 13.7 Å². The highest BCUT2D eigenvalue weighted by Crippen LogP contribution is 2.20. The second kappa shape index (κ2) is 8.37. The second-order valence-electron chi connectivity index (χ2n) is 5.33. The molecule has 0 atom stereocenters. The van der Waals surface area contributed by atoms with E-state index in [1.54, 1.807) is 43.0 Å². The monoisotopic (exact) mass is 390 g/mol. The van der Waals surface area contributed by atoms with Crippen molar-refractivity contribution in [1.82, 2.24) is 4.57 Å². The fourth-order valence-electron chi connectivity index (χ4n) is 2.44. The number of aromatic nitrogens is 1. The van der Waals surface area contributed by atoms with Gasteiger partial charge in [-0.05, 0) is 43.5 Å². The Morgan fingerprint density at radius 2 is 2.19 bits per heavy atom. The first kappa shape index (κ1) is 18.5. The Labute approximate surface area is 158 Å². The largest absolute Gasteiger partial charge is 0.462 e. The van der Waals surface area contributed by atoms with Crippen LogP contribution in [-0.4, -0.2) is 35.1 Å². The summed E-state index contributed by atoms with van der Waals surface area (Å²) < 4.78 is 13.1. The van der Waals surface area contributed by atoms with E-state index in [1.165, 1.54) is 17.6 Å². The average Bonchev–Trinajstić information content (AvgIpc) is 3.27. The molecule has 8 heteroatoms. The van der Waals surface area contributed by atoms with Crippen LogP contribution < -0.4 is 4.80 Å². The number of carbonyl (C=O) groups excluding carboxylic acids is 2. The molecule has 0 N–H and O–H groups in total. The molecule has 2 aromatic heterocycles. The summed E-state index contributed by atoms with van der Waals surface area (Å²) in [6, 6.07) is 8.63. The third kappa shape index (κ3) is 3.91. The third-order valence-electron chi connectivity index (χ3n) is 3.64. The lowest BCUT2D eigenvalue weighted by molar-refractivity contribution is 0.0526. The van der Waals surface area contributed by atoms with Crippen molar-refractivity contribution < 1.29 is 18.7 Å². The number of ether oxygens (including phenoxy) is 1. The lowest BCUT2D eigenvalue weighted by atomic mass is 10.2. The van der Waals surface area contributed by atoms with Gasteiger partial charge in [0.1, 0.15) is 0 Å². The molecule has 0 aliphatic carbocycles. The highest BCUT2D eigenvalue weighted by atomic mass is 32.2. The van der Waals surface area contributed by atoms with Crippen LogP contribution >= 0.6 is 23.1 Å². The first-order valence-electron chi connectivity index (χ1n) is 8.06.